The second-order valence-corrected chi connectivity index (χ2v) is 14.8. The van der Waals surface area contributed by atoms with Crippen molar-refractivity contribution in [2.24, 2.45) is 0 Å². The van der Waals surface area contributed by atoms with Crippen molar-refractivity contribution in [3.63, 3.8) is 0 Å². The molecule has 57 heavy (non-hydrogen) atoms. The van der Waals surface area contributed by atoms with Gasteiger partial charge < -0.3 is 4.90 Å². The Morgan fingerprint density at radius 3 is 1.33 bits per heavy atom. The van der Waals surface area contributed by atoms with E-state index in [2.05, 4.69) is 164 Å². The van der Waals surface area contributed by atoms with Crippen molar-refractivity contribution in [1.82, 2.24) is 0 Å². The number of benzene rings is 9. The van der Waals surface area contributed by atoms with Crippen LogP contribution >= 0.6 is 0 Å². The van der Waals surface area contributed by atoms with Crippen LogP contribution in [-0.4, -0.2) is 0 Å². The zero-order chi connectivity index (χ0) is 42.2. The molecular formula is C56H39N. The van der Waals surface area contributed by atoms with Crippen LogP contribution in [0, 0.1) is 0 Å². The quantitative estimate of drug-likeness (QED) is 0.158. The number of para-hydroxylation sites is 1. The Kier molecular flexibility index (Phi) is 6.55. The van der Waals surface area contributed by atoms with Gasteiger partial charge in [-0.2, -0.15) is 0 Å². The Hall–Kier alpha value is -7.22. The summed E-state index contributed by atoms with van der Waals surface area (Å²) in [6.07, 6.45) is 0. The van der Waals surface area contributed by atoms with Gasteiger partial charge in [0.1, 0.15) is 0 Å². The lowest BCUT2D eigenvalue weighted by Gasteiger charge is -2.35. The lowest BCUT2D eigenvalue weighted by atomic mass is 9.67. The molecule has 0 fully saturated rings. The predicted molar refractivity (Wildman–Crippen MR) is 236 cm³/mol. The standard InChI is InChI=1S/C56H39N/c1-6-21-40(22-7-1)55(41-23-8-2-9-24-41)50-34-19-17-32-48(50)54-51(55)35-20-36-53(54)57(44-29-14-5-15-30-44)45-37-38-47-46-31-16-18-33-49(46)56(52(47)39-45,42-25-10-3-11-26-42)43-27-12-4-13-28-43/h1-39H/i5D,14D,15D,29D,30D. The van der Waals surface area contributed by atoms with Crippen molar-refractivity contribution in [2.45, 2.75) is 10.8 Å². The number of rotatable bonds is 7. The van der Waals surface area contributed by atoms with E-state index < -0.39 is 29.0 Å². The molecule has 0 atom stereocenters. The average Bonchev–Trinajstić information content (AvgIpc) is 3.81. The third kappa shape index (κ3) is 4.76. The van der Waals surface area contributed by atoms with Gasteiger partial charge >= 0.3 is 0 Å². The molecule has 9 aromatic carbocycles. The van der Waals surface area contributed by atoms with Crippen molar-refractivity contribution in [2.75, 3.05) is 4.90 Å². The molecule has 1 heteroatoms. The fourth-order valence-corrected chi connectivity index (χ4v) is 9.98. The minimum atomic E-state index is -0.725. The first-order valence-corrected chi connectivity index (χ1v) is 19.5. The van der Waals surface area contributed by atoms with Gasteiger partial charge in [0.15, 0.2) is 0 Å². The molecule has 0 amide bonds. The summed E-state index contributed by atoms with van der Waals surface area (Å²) in [7, 11) is 0. The van der Waals surface area contributed by atoms with E-state index >= 15 is 0 Å². The summed E-state index contributed by atoms with van der Waals surface area (Å²) in [5.74, 6) is 0. The minimum absolute atomic E-state index is 0.0827. The molecular weight excluding hydrogens is 687 g/mol. The van der Waals surface area contributed by atoms with Crippen LogP contribution in [0.1, 0.15) is 51.4 Å². The first-order chi connectivity index (χ1) is 30.4. The van der Waals surface area contributed by atoms with E-state index in [4.69, 9.17) is 4.11 Å². The van der Waals surface area contributed by atoms with Gasteiger partial charge in [0.05, 0.1) is 23.4 Å². The van der Waals surface area contributed by atoms with Gasteiger partial charge in [0.2, 0.25) is 0 Å². The molecule has 0 aliphatic heterocycles. The van der Waals surface area contributed by atoms with Crippen molar-refractivity contribution < 1.29 is 6.85 Å². The topological polar surface area (TPSA) is 3.24 Å². The molecule has 0 unspecified atom stereocenters. The number of anilines is 3. The summed E-state index contributed by atoms with van der Waals surface area (Å²) in [4.78, 5) is 1.92. The first-order valence-electron chi connectivity index (χ1n) is 22.0. The van der Waals surface area contributed by atoms with E-state index in [-0.39, 0.29) is 17.8 Å². The third-order valence-electron chi connectivity index (χ3n) is 12.1. The van der Waals surface area contributed by atoms with Crippen LogP contribution in [0.4, 0.5) is 17.1 Å². The summed E-state index contributed by atoms with van der Waals surface area (Å²) in [6.45, 7) is 0. The summed E-state index contributed by atoms with van der Waals surface area (Å²) in [5.41, 5.74) is 13.0. The maximum absolute atomic E-state index is 9.54. The maximum Gasteiger partial charge on any atom is 0.0714 e. The van der Waals surface area contributed by atoms with Crippen LogP contribution < -0.4 is 4.90 Å². The van der Waals surface area contributed by atoms with Gasteiger partial charge in [0, 0.05) is 16.9 Å². The molecule has 268 valence electrons. The van der Waals surface area contributed by atoms with Gasteiger partial charge in [-0.15, -0.1) is 0 Å². The Bertz CT molecular complexity index is 3080. The molecule has 2 aliphatic carbocycles. The second kappa shape index (κ2) is 13.2. The number of hydrogen-bond donors (Lipinski definition) is 0. The van der Waals surface area contributed by atoms with E-state index in [1.54, 1.807) is 0 Å². The van der Waals surface area contributed by atoms with E-state index in [0.29, 0.717) is 11.4 Å². The Labute approximate surface area is 341 Å². The van der Waals surface area contributed by atoms with Crippen LogP contribution in [-0.2, 0) is 10.8 Å². The van der Waals surface area contributed by atoms with E-state index in [9.17, 15) is 2.74 Å². The normalized spacial score (nSPS) is 15.1. The largest absolute Gasteiger partial charge is 0.310 e. The Morgan fingerprint density at radius 1 is 0.333 bits per heavy atom. The molecule has 0 saturated heterocycles. The van der Waals surface area contributed by atoms with Crippen molar-refractivity contribution in [1.29, 1.82) is 0 Å². The van der Waals surface area contributed by atoms with Crippen molar-refractivity contribution in [3.8, 4) is 22.3 Å². The van der Waals surface area contributed by atoms with Crippen molar-refractivity contribution in [3.05, 3.63) is 281 Å². The summed E-state index contributed by atoms with van der Waals surface area (Å²) < 4.78 is 45.7. The zero-order valence-corrected chi connectivity index (χ0v) is 31.1. The van der Waals surface area contributed by atoms with Crippen molar-refractivity contribution >= 4 is 17.1 Å². The monoisotopic (exact) mass is 730 g/mol. The maximum atomic E-state index is 9.54. The minimum Gasteiger partial charge on any atom is -0.310 e. The highest BCUT2D eigenvalue weighted by Gasteiger charge is 2.48. The highest BCUT2D eigenvalue weighted by atomic mass is 15.1. The molecule has 0 aromatic heterocycles. The lowest BCUT2D eigenvalue weighted by molar-refractivity contribution is 0.768. The highest BCUT2D eigenvalue weighted by Crippen LogP contribution is 2.61. The number of hydrogen-bond acceptors (Lipinski definition) is 1. The molecule has 0 heterocycles. The lowest BCUT2D eigenvalue weighted by Crippen LogP contribution is -2.29. The van der Waals surface area contributed by atoms with Crippen LogP contribution in [0.15, 0.2) is 236 Å². The summed E-state index contributed by atoms with van der Waals surface area (Å²) >= 11 is 0. The number of nitrogens with zero attached hydrogens (tertiary/aromatic N) is 1. The molecule has 1 nitrogen and oxygen atoms in total. The van der Waals surface area contributed by atoms with Gasteiger partial charge in [-0.05, 0) is 91.5 Å². The molecule has 0 spiro atoms. The van der Waals surface area contributed by atoms with Crippen LogP contribution in [0.25, 0.3) is 22.3 Å². The zero-order valence-electron chi connectivity index (χ0n) is 36.1. The third-order valence-corrected chi connectivity index (χ3v) is 12.1. The van der Waals surface area contributed by atoms with E-state index in [1.807, 2.05) is 47.4 Å². The second-order valence-electron chi connectivity index (χ2n) is 14.8. The summed E-state index contributed by atoms with van der Waals surface area (Å²) in [6, 6.07) is 70.3. The fraction of sp³-hybridized carbons (Fsp3) is 0.0357. The van der Waals surface area contributed by atoms with Crippen LogP contribution in [0.3, 0.4) is 0 Å². The van der Waals surface area contributed by atoms with Crippen LogP contribution in [0.2, 0.25) is 0 Å². The molecule has 0 N–H and O–H groups in total. The van der Waals surface area contributed by atoms with Crippen LogP contribution in [0.5, 0.6) is 0 Å². The number of fused-ring (bicyclic) bond motifs is 6. The molecule has 2 aliphatic rings. The molecule has 0 saturated carbocycles. The van der Waals surface area contributed by atoms with Gasteiger partial charge in [-0.3, -0.25) is 0 Å². The molecule has 0 radical (unpaired) electrons. The molecule has 11 rings (SSSR count). The SMILES string of the molecule is [2H]c1c([2H])c([2H])c(N(c2ccc3c(c2)C(c2ccccc2)(c2ccccc2)c2ccccc2-3)c2cccc3c2-c2ccccc2C3(c2ccccc2)c2ccccc2)c([2H])c1[2H]. The summed E-state index contributed by atoms with van der Waals surface area (Å²) in [5, 5.41) is 0. The predicted octanol–water partition coefficient (Wildman–Crippen LogP) is 13.9. The first kappa shape index (κ1) is 28.2. The van der Waals surface area contributed by atoms with E-state index in [1.165, 1.54) is 0 Å². The Morgan fingerprint density at radius 2 is 0.772 bits per heavy atom. The Balaban J connectivity index is 1.27. The van der Waals surface area contributed by atoms with Gasteiger partial charge in [-0.25, -0.2) is 0 Å². The highest BCUT2D eigenvalue weighted by molar-refractivity contribution is 5.98. The molecule has 0 bridgehead atoms. The molecule has 9 aromatic rings. The smallest absolute Gasteiger partial charge is 0.0714 e. The average molecular weight is 731 g/mol. The van der Waals surface area contributed by atoms with E-state index in [0.717, 1.165) is 66.8 Å². The van der Waals surface area contributed by atoms with Gasteiger partial charge in [0.25, 0.3) is 0 Å². The fourth-order valence-electron chi connectivity index (χ4n) is 9.98. The van der Waals surface area contributed by atoms with Gasteiger partial charge in [-0.1, -0.05) is 206 Å².